The van der Waals surface area contributed by atoms with Crippen LogP contribution in [0.2, 0.25) is 0 Å². The molecule has 0 bridgehead atoms. The lowest BCUT2D eigenvalue weighted by Gasteiger charge is -2.09. The Kier molecular flexibility index (Phi) is 4.43. The van der Waals surface area contributed by atoms with Gasteiger partial charge in [-0.3, -0.25) is 4.79 Å². The molecule has 1 rings (SSSR count). The van der Waals surface area contributed by atoms with E-state index in [2.05, 4.69) is 0 Å². The number of carboxylic acid groups (broad SMARTS) is 1. The zero-order valence-electron chi connectivity index (χ0n) is 9.67. The molecule has 3 nitrogen and oxygen atoms in total. The molecule has 0 fully saturated rings. The van der Waals surface area contributed by atoms with Crippen molar-refractivity contribution in [2.24, 2.45) is 5.92 Å². The van der Waals surface area contributed by atoms with Crippen LogP contribution in [-0.2, 0) is 11.2 Å². The van der Waals surface area contributed by atoms with Crippen LogP contribution in [0.15, 0.2) is 12.1 Å². The second kappa shape index (κ2) is 5.61. The summed E-state index contributed by atoms with van der Waals surface area (Å²) in [4.78, 5) is 10.6. The maximum absolute atomic E-state index is 13.5. The Bertz CT molecular complexity index is 395. The van der Waals surface area contributed by atoms with Gasteiger partial charge in [0.2, 0.25) is 0 Å². The Morgan fingerprint density at radius 1 is 1.41 bits per heavy atom. The number of hydrogen-bond acceptors (Lipinski definition) is 2. The van der Waals surface area contributed by atoms with E-state index >= 15 is 0 Å². The average molecular weight is 244 g/mol. The van der Waals surface area contributed by atoms with Crippen LogP contribution in [0.25, 0.3) is 0 Å². The topological polar surface area (TPSA) is 46.5 Å². The first-order valence-corrected chi connectivity index (χ1v) is 5.20. The van der Waals surface area contributed by atoms with Crippen molar-refractivity contribution >= 4 is 5.97 Å². The summed E-state index contributed by atoms with van der Waals surface area (Å²) in [6.45, 7) is 1.50. The van der Waals surface area contributed by atoms with Crippen molar-refractivity contribution in [2.45, 2.75) is 19.8 Å². The van der Waals surface area contributed by atoms with Gasteiger partial charge in [-0.2, -0.15) is 0 Å². The normalized spacial score (nSPS) is 12.2. The summed E-state index contributed by atoms with van der Waals surface area (Å²) in [7, 11) is 1.32. The van der Waals surface area contributed by atoms with Gasteiger partial charge < -0.3 is 9.84 Å². The number of carbonyl (C=O) groups is 1. The smallest absolute Gasteiger partial charge is 0.306 e. The van der Waals surface area contributed by atoms with Gasteiger partial charge in [-0.15, -0.1) is 0 Å². The standard InChI is InChI=1S/C12H14F2O3/c1-7(12(15)16)3-4-9-10(13)5-8(17-2)6-11(9)14/h5-7H,3-4H2,1-2H3,(H,15,16). The molecule has 1 aromatic carbocycles. The highest BCUT2D eigenvalue weighted by Gasteiger charge is 2.16. The minimum atomic E-state index is -0.973. The average Bonchev–Trinajstić information content (AvgIpc) is 2.27. The number of ether oxygens (including phenoxy) is 1. The van der Waals surface area contributed by atoms with Crippen LogP contribution in [0.1, 0.15) is 18.9 Å². The lowest BCUT2D eigenvalue weighted by molar-refractivity contribution is -0.141. The van der Waals surface area contributed by atoms with E-state index in [9.17, 15) is 13.6 Å². The van der Waals surface area contributed by atoms with Gasteiger partial charge in [0.1, 0.15) is 17.4 Å². The fourth-order valence-corrected chi connectivity index (χ4v) is 1.42. The Labute approximate surface area is 98.0 Å². The fourth-order valence-electron chi connectivity index (χ4n) is 1.42. The van der Waals surface area contributed by atoms with Crippen molar-refractivity contribution in [3.05, 3.63) is 29.3 Å². The Morgan fingerprint density at radius 2 is 1.94 bits per heavy atom. The highest BCUT2D eigenvalue weighted by molar-refractivity contribution is 5.69. The van der Waals surface area contributed by atoms with E-state index in [1.165, 1.54) is 14.0 Å². The third-order valence-electron chi connectivity index (χ3n) is 2.60. The maximum Gasteiger partial charge on any atom is 0.306 e. The van der Waals surface area contributed by atoms with Crippen molar-refractivity contribution in [3.63, 3.8) is 0 Å². The number of rotatable bonds is 5. The Morgan fingerprint density at radius 3 is 2.35 bits per heavy atom. The number of carboxylic acids is 1. The highest BCUT2D eigenvalue weighted by Crippen LogP contribution is 2.22. The van der Waals surface area contributed by atoms with Crippen LogP contribution >= 0.6 is 0 Å². The molecule has 0 saturated carbocycles. The molecular weight excluding hydrogens is 230 g/mol. The molecule has 1 aromatic rings. The van der Waals surface area contributed by atoms with E-state index < -0.39 is 23.5 Å². The molecule has 17 heavy (non-hydrogen) atoms. The van der Waals surface area contributed by atoms with Crippen LogP contribution in [0.3, 0.4) is 0 Å². The Balaban J connectivity index is 2.81. The molecule has 0 spiro atoms. The first-order valence-electron chi connectivity index (χ1n) is 5.20. The monoisotopic (exact) mass is 244 g/mol. The molecule has 94 valence electrons. The zero-order chi connectivity index (χ0) is 13.0. The molecular formula is C12H14F2O3. The number of aliphatic carboxylic acids is 1. The van der Waals surface area contributed by atoms with Gasteiger partial charge in [0, 0.05) is 17.7 Å². The summed E-state index contributed by atoms with van der Waals surface area (Å²) < 4.78 is 31.7. The summed E-state index contributed by atoms with van der Waals surface area (Å²) in [6.07, 6.45) is 0.241. The number of benzene rings is 1. The van der Waals surface area contributed by atoms with Crippen molar-refractivity contribution in [2.75, 3.05) is 7.11 Å². The molecule has 0 heterocycles. The largest absolute Gasteiger partial charge is 0.497 e. The van der Waals surface area contributed by atoms with Crippen molar-refractivity contribution in [1.82, 2.24) is 0 Å². The molecule has 0 aromatic heterocycles. The summed E-state index contributed by atoms with van der Waals surface area (Å²) >= 11 is 0. The van der Waals surface area contributed by atoms with Gasteiger partial charge in [0.05, 0.1) is 13.0 Å². The van der Waals surface area contributed by atoms with Crippen LogP contribution < -0.4 is 4.74 Å². The van der Waals surface area contributed by atoms with Crippen LogP contribution in [-0.4, -0.2) is 18.2 Å². The van der Waals surface area contributed by atoms with Gasteiger partial charge in [-0.25, -0.2) is 8.78 Å². The van der Waals surface area contributed by atoms with E-state index in [0.29, 0.717) is 0 Å². The Hall–Kier alpha value is -1.65. The van der Waals surface area contributed by atoms with Crippen LogP contribution in [0, 0.1) is 17.6 Å². The molecule has 1 N–H and O–H groups in total. The molecule has 0 saturated heterocycles. The molecule has 0 radical (unpaired) electrons. The minimum Gasteiger partial charge on any atom is -0.497 e. The summed E-state index contributed by atoms with van der Waals surface area (Å²) in [5.41, 5.74) is -0.0982. The maximum atomic E-state index is 13.5. The van der Waals surface area contributed by atoms with Gasteiger partial charge in [-0.05, 0) is 12.8 Å². The summed E-state index contributed by atoms with van der Waals surface area (Å²) in [5, 5.41) is 8.67. The molecule has 0 amide bonds. The first kappa shape index (κ1) is 13.4. The number of halogens is 2. The van der Waals surface area contributed by atoms with E-state index in [1.54, 1.807) is 0 Å². The lowest BCUT2D eigenvalue weighted by Crippen LogP contribution is -2.11. The SMILES string of the molecule is COc1cc(F)c(CCC(C)C(=O)O)c(F)c1. The lowest BCUT2D eigenvalue weighted by atomic mass is 10.0. The van der Waals surface area contributed by atoms with Gasteiger partial charge in [-0.1, -0.05) is 6.92 Å². The van der Waals surface area contributed by atoms with Gasteiger partial charge >= 0.3 is 5.97 Å². The van der Waals surface area contributed by atoms with E-state index in [-0.39, 0.29) is 24.2 Å². The zero-order valence-corrected chi connectivity index (χ0v) is 9.67. The predicted molar refractivity (Wildman–Crippen MR) is 58.0 cm³/mol. The van der Waals surface area contributed by atoms with E-state index in [4.69, 9.17) is 9.84 Å². The highest BCUT2D eigenvalue weighted by atomic mass is 19.1. The second-order valence-electron chi connectivity index (χ2n) is 3.85. The van der Waals surface area contributed by atoms with Crippen molar-refractivity contribution in [1.29, 1.82) is 0 Å². The van der Waals surface area contributed by atoms with Crippen LogP contribution in [0.5, 0.6) is 5.75 Å². The molecule has 1 atom stereocenters. The minimum absolute atomic E-state index is 0.0507. The summed E-state index contributed by atoms with van der Waals surface area (Å²) in [6, 6.07) is 2.17. The fraction of sp³-hybridized carbons (Fsp3) is 0.417. The van der Waals surface area contributed by atoms with Crippen LogP contribution in [0.4, 0.5) is 8.78 Å². The molecule has 0 aliphatic heterocycles. The van der Waals surface area contributed by atoms with Gasteiger partial charge in [0.15, 0.2) is 0 Å². The third kappa shape index (κ3) is 3.41. The molecule has 0 aliphatic rings. The second-order valence-corrected chi connectivity index (χ2v) is 3.85. The van der Waals surface area contributed by atoms with Crippen molar-refractivity contribution < 1.29 is 23.4 Å². The summed E-state index contributed by atoms with van der Waals surface area (Å²) in [5.74, 6) is -2.91. The van der Waals surface area contributed by atoms with Crippen molar-refractivity contribution in [3.8, 4) is 5.75 Å². The molecule has 0 aliphatic carbocycles. The number of hydrogen-bond donors (Lipinski definition) is 1. The third-order valence-corrected chi connectivity index (χ3v) is 2.60. The van der Waals surface area contributed by atoms with E-state index in [0.717, 1.165) is 12.1 Å². The van der Waals surface area contributed by atoms with Gasteiger partial charge in [0.25, 0.3) is 0 Å². The first-order chi connectivity index (χ1) is 7.95. The van der Waals surface area contributed by atoms with E-state index in [1.807, 2.05) is 0 Å². The molecule has 5 heteroatoms. The number of methoxy groups -OCH3 is 1. The molecule has 1 unspecified atom stereocenters. The quantitative estimate of drug-likeness (QED) is 0.866. The predicted octanol–water partition coefficient (Wildman–Crippen LogP) is 2.63.